The van der Waals surface area contributed by atoms with Crippen LogP contribution in [-0.4, -0.2) is 27.7 Å². The molecule has 2 aromatic heterocycles. The summed E-state index contributed by atoms with van der Waals surface area (Å²) in [6.45, 7) is 0.440. The van der Waals surface area contributed by atoms with Gasteiger partial charge < -0.3 is 24.1 Å². The second-order valence-corrected chi connectivity index (χ2v) is 8.41. The summed E-state index contributed by atoms with van der Waals surface area (Å²) in [5, 5.41) is 17.2. The van der Waals surface area contributed by atoms with Crippen LogP contribution in [0.4, 0.5) is 0 Å². The highest BCUT2D eigenvalue weighted by molar-refractivity contribution is 6.01. The number of phenolic OH excluding ortho intramolecular Hbond substituents is 1. The molecule has 3 N–H and O–H groups in total. The lowest BCUT2D eigenvalue weighted by molar-refractivity contribution is -0.121. The van der Waals surface area contributed by atoms with Crippen LogP contribution in [0, 0.1) is 0 Å². The topological polar surface area (TPSA) is 118 Å². The number of hydrogen-bond donors (Lipinski definition) is 3. The molecule has 0 saturated carbocycles. The van der Waals surface area contributed by atoms with Crippen LogP contribution >= 0.6 is 0 Å². The molecule has 3 aromatic carbocycles. The number of aromatic hydroxyl groups is 1. The van der Waals surface area contributed by atoms with E-state index in [0.29, 0.717) is 29.4 Å². The van der Waals surface area contributed by atoms with Crippen LogP contribution in [0.2, 0.25) is 0 Å². The number of carbonyl (C=O) groups excluding carboxylic acids is 2. The molecule has 9 nitrogen and oxygen atoms in total. The standard InChI is InChI=1S/C29H24N4O5/c34-22-9-13-24(14-10-22)38-23-11-7-20(8-12-23)29(36)32-31-16-21-18-33(27-6-2-1-5-26(21)27)19-28(35)30-17-25-4-3-15-37-25/h1-16,18,34H,17,19H2,(H,30,35)(H,32,36)/b31-16-. The van der Waals surface area contributed by atoms with E-state index >= 15 is 0 Å². The summed E-state index contributed by atoms with van der Waals surface area (Å²) in [5.74, 6) is 1.42. The third-order valence-corrected chi connectivity index (χ3v) is 5.73. The molecule has 2 heterocycles. The zero-order chi connectivity index (χ0) is 26.3. The van der Waals surface area contributed by atoms with Gasteiger partial charge in [0.15, 0.2) is 0 Å². The Balaban J connectivity index is 1.21. The highest BCUT2D eigenvalue weighted by atomic mass is 16.5. The highest BCUT2D eigenvalue weighted by Gasteiger charge is 2.11. The van der Waals surface area contributed by atoms with E-state index in [9.17, 15) is 14.7 Å². The van der Waals surface area contributed by atoms with Gasteiger partial charge in [0.2, 0.25) is 5.91 Å². The quantitative estimate of drug-likeness (QED) is 0.195. The van der Waals surface area contributed by atoms with Crippen molar-refractivity contribution in [1.29, 1.82) is 0 Å². The van der Waals surface area contributed by atoms with Crippen molar-refractivity contribution in [2.24, 2.45) is 5.10 Å². The van der Waals surface area contributed by atoms with E-state index in [1.165, 1.54) is 12.1 Å². The number of hydrogen-bond acceptors (Lipinski definition) is 6. The lowest BCUT2D eigenvalue weighted by Gasteiger charge is -2.06. The first-order valence-corrected chi connectivity index (χ1v) is 11.8. The fourth-order valence-corrected chi connectivity index (χ4v) is 3.87. The number of phenols is 1. The molecular weight excluding hydrogens is 484 g/mol. The van der Waals surface area contributed by atoms with Crippen molar-refractivity contribution in [2.75, 3.05) is 0 Å². The minimum Gasteiger partial charge on any atom is -0.508 e. The fourth-order valence-electron chi connectivity index (χ4n) is 3.87. The first kappa shape index (κ1) is 24.4. The van der Waals surface area contributed by atoms with Crippen LogP contribution in [0.25, 0.3) is 10.9 Å². The number of furan rings is 1. The molecule has 38 heavy (non-hydrogen) atoms. The van der Waals surface area contributed by atoms with Crippen molar-refractivity contribution >= 4 is 28.9 Å². The number of para-hydroxylation sites is 1. The summed E-state index contributed by atoms with van der Waals surface area (Å²) in [7, 11) is 0. The van der Waals surface area contributed by atoms with Crippen molar-refractivity contribution < 1.29 is 23.8 Å². The molecule has 0 bridgehead atoms. The van der Waals surface area contributed by atoms with Gasteiger partial charge in [-0.25, -0.2) is 5.43 Å². The SMILES string of the molecule is O=C(Cn1cc(/C=N\NC(=O)c2ccc(Oc3ccc(O)cc3)cc2)c2ccccc21)NCc1ccco1. The van der Waals surface area contributed by atoms with Crippen molar-refractivity contribution in [3.8, 4) is 17.2 Å². The Morgan fingerprint density at radius 2 is 1.68 bits per heavy atom. The molecule has 5 rings (SSSR count). The van der Waals surface area contributed by atoms with Gasteiger partial charge in [0.25, 0.3) is 5.91 Å². The molecule has 2 amide bonds. The maximum absolute atomic E-state index is 12.6. The Morgan fingerprint density at radius 1 is 0.947 bits per heavy atom. The number of fused-ring (bicyclic) bond motifs is 1. The second-order valence-electron chi connectivity index (χ2n) is 8.41. The molecule has 0 fully saturated rings. The third kappa shape index (κ3) is 5.90. The number of amides is 2. The molecule has 0 atom stereocenters. The molecule has 0 aliphatic rings. The number of carbonyl (C=O) groups is 2. The van der Waals surface area contributed by atoms with Gasteiger partial charge >= 0.3 is 0 Å². The number of nitrogens with one attached hydrogen (secondary N) is 2. The third-order valence-electron chi connectivity index (χ3n) is 5.73. The van der Waals surface area contributed by atoms with Gasteiger partial charge in [-0.2, -0.15) is 5.10 Å². The number of rotatable bonds is 9. The molecule has 9 heteroatoms. The van der Waals surface area contributed by atoms with Crippen molar-refractivity contribution in [3.63, 3.8) is 0 Å². The molecular formula is C29H24N4O5. The maximum Gasteiger partial charge on any atom is 0.271 e. The van der Waals surface area contributed by atoms with E-state index < -0.39 is 0 Å². The van der Waals surface area contributed by atoms with Gasteiger partial charge in [0, 0.05) is 28.2 Å². The van der Waals surface area contributed by atoms with E-state index in [1.807, 2.05) is 35.0 Å². The summed E-state index contributed by atoms with van der Waals surface area (Å²) in [6, 6.07) is 24.2. The summed E-state index contributed by atoms with van der Waals surface area (Å²) < 4.78 is 12.8. The first-order chi connectivity index (χ1) is 18.5. The number of hydrazone groups is 1. The minimum absolute atomic E-state index is 0.125. The summed E-state index contributed by atoms with van der Waals surface area (Å²) >= 11 is 0. The summed E-state index contributed by atoms with van der Waals surface area (Å²) in [6.07, 6.45) is 4.94. The number of benzene rings is 3. The largest absolute Gasteiger partial charge is 0.508 e. The Morgan fingerprint density at radius 3 is 2.42 bits per heavy atom. The van der Waals surface area contributed by atoms with Crippen LogP contribution in [0.15, 0.2) is 107 Å². The normalized spacial score (nSPS) is 11.1. The van der Waals surface area contributed by atoms with Crippen molar-refractivity contribution in [2.45, 2.75) is 13.1 Å². The minimum atomic E-state index is -0.376. The lowest BCUT2D eigenvalue weighted by Crippen LogP contribution is -2.26. The fraction of sp³-hybridized carbons (Fsp3) is 0.0690. The van der Waals surface area contributed by atoms with Gasteiger partial charge in [0.1, 0.15) is 29.6 Å². The van der Waals surface area contributed by atoms with Gasteiger partial charge in [-0.05, 0) is 66.7 Å². The van der Waals surface area contributed by atoms with E-state index in [2.05, 4.69) is 15.8 Å². The van der Waals surface area contributed by atoms with E-state index in [1.54, 1.807) is 61.0 Å². The molecule has 0 radical (unpaired) electrons. The molecule has 5 aromatic rings. The van der Waals surface area contributed by atoms with Crippen molar-refractivity contribution in [1.82, 2.24) is 15.3 Å². The zero-order valence-electron chi connectivity index (χ0n) is 20.2. The molecule has 190 valence electrons. The summed E-state index contributed by atoms with van der Waals surface area (Å²) in [4.78, 5) is 25.0. The average molecular weight is 509 g/mol. The van der Waals surface area contributed by atoms with Gasteiger partial charge in [0.05, 0.1) is 19.0 Å². The molecule has 0 spiro atoms. The zero-order valence-corrected chi connectivity index (χ0v) is 20.2. The Labute approximate surface area is 218 Å². The predicted octanol–water partition coefficient (Wildman–Crippen LogP) is 4.81. The second kappa shape index (κ2) is 11.2. The number of aromatic nitrogens is 1. The van der Waals surface area contributed by atoms with Gasteiger partial charge in [-0.3, -0.25) is 9.59 Å². The number of nitrogens with zero attached hydrogens (tertiary/aromatic N) is 2. The van der Waals surface area contributed by atoms with Gasteiger partial charge in [-0.15, -0.1) is 0 Å². The van der Waals surface area contributed by atoms with E-state index in [-0.39, 0.29) is 24.1 Å². The smallest absolute Gasteiger partial charge is 0.271 e. The van der Waals surface area contributed by atoms with Crippen LogP contribution in [0.1, 0.15) is 21.7 Å². The lowest BCUT2D eigenvalue weighted by atomic mass is 10.2. The highest BCUT2D eigenvalue weighted by Crippen LogP contribution is 2.24. The molecule has 0 saturated heterocycles. The average Bonchev–Trinajstić information content (AvgIpc) is 3.58. The van der Waals surface area contributed by atoms with Crippen LogP contribution in [-0.2, 0) is 17.9 Å². The Kier molecular flexibility index (Phi) is 7.17. The van der Waals surface area contributed by atoms with E-state index in [0.717, 1.165) is 16.5 Å². The van der Waals surface area contributed by atoms with Gasteiger partial charge in [-0.1, -0.05) is 18.2 Å². The monoisotopic (exact) mass is 508 g/mol. The summed E-state index contributed by atoms with van der Waals surface area (Å²) in [5.41, 5.74) is 4.58. The molecule has 0 aliphatic carbocycles. The maximum atomic E-state index is 12.6. The van der Waals surface area contributed by atoms with Crippen molar-refractivity contribution in [3.05, 3.63) is 114 Å². The van der Waals surface area contributed by atoms with E-state index in [4.69, 9.17) is 9.15 Å². The van der Waals surface area contributed by atoms with Crippen LogP contribution in [0.5, 0.6) is 17.2 Å². The molecule has 0 unspecified atom stereocenters. The molecule has 0 aliphatic heterocycles. The Bertz CT molecular complexity index is 1570. The van der Waals surface area contributed by atoms with Crippen LogP contribution < -0.4 is 15.5 Å². The number of ether oxygens (including phenoxy) is 1. The predicted molar refractivity (Wildman–Crippen MR) is 142 cm³/mol. The Hall–Kier alpha value is -5.31. The first-order valence-electron chi connectivity index (χ1n) is 11.8. The van der Waals surface area contributed by atoms with Crippen LogP contribution in [0.3, 0.4) is 0 Å².